The fourth-order valence-corrected chi connectivity index (χ4v) is 2.36. The van der Waals surface area contributed by atoms with Crippen LogP contribution >= 0.6 is 11.6 Å². The van der Waals surface area contributed by atoms with Crippen LogP contribution in [-0.2, 0) is 6.54 Å². The third-order valence-electron chi connectivity index (χ3n) is 3.40. The van der Waals surface area contributed by atoms with E-state index in [4.69, 9.17) is 11.6 Å². The number of azo groups is 1. The standard InChI is InChI=1S/C17H16ClN5/c1-23(2)13-8-7-12(14(18)9-13)10-20-22-17-11-19-15-5-3-4-6-16(15)21-17/h3-9,11H,10H2,1-2H3. The summed E-state index contributed by atoms with van der Waals surface area (Å²) < 4.78 is 0. The second kappa shape index (κ2) is 6.71. The van der Waals surface area contributed by atoms with Gasteiger partial charge in [0.15, 0.2) is 5.82 Å². The van der Waals surface area contributed by atoms with Crippen LogP contribution in [0.2, 0.25) is 5.02 Å². The molecule has 0 spiro atoms. The second-order valence-electron chi connectivity index (χ2n) is 5.29. The minimum absolute atomic E-state index is 0.404. The van der Waals surface area contributed by atoms with Gasteiger partial charge in [-0.2, -0.15) is 5.11 Å². The molecule has 3 aromatic rings. The molecule has 0 amide bonds. The highest BCUT2D eigenvalue weighted by Gasteiger charge is 2.03. The molecular weight excluding hydrogens is 310 g/mol. The van der Waals surface area contributed by atoms with E-state index in [1.807, 2.05) is 61.5 Å². The van der Waals surface area contributed by atoms with Gasteiger partial charge in [-0.25, -0.2) is 4.98 Å². The highest BCUT2D eigenvalue weighted by molar-refractivity contribution is 6.31. The lowest BCUT2D eigenvalue weighted by molar-refractivity contribution is 0.945. The molecule has 2 aromatic carbocycles. The Balaban J connectivity index is 1.75. The van der Waals surface area contributed by atoms with E-state index in [0.29, 0.717) is 17.4 Å². The molecule has 1 aromatic heterocycles. The normalized spacial score (nSPS) is 11.3. The first kappa shape index (κ1) is 15.4. The minimum Gasteiger partial charge on any atom is -0.378 e. The van der Waals surface area contributed by atoms with Crippen LogP contribution in [0.25, 0.3) is 11.0 Å². The molecule has 5 nitrogen and oxygen atoms in total. The van der Waals surface area contributed by atoms with E-state index in [-0.39, 0.29) is 0 Å². The maximum Gasteiger partial charge on any atom is 0.193 e. The molecule has 0 bridgehead atoms. The smallest absolute Gasteiger partial charge is 0.193 e. The summed E-state index contributed by atoms with van der Waals surface area (Å²) in [6, 6.07) is 13.5. The summed E-state index contributed by atoms with van der Waals surface area (Å²) in [5, 5.41) is 8.99. The number of benzene rings is 2. The third-order valence-corrected chi connectivity index (χ3v) is 3.75. The zero-order valence-electron chi connectivity index (χ0n) is 12.9. The number of nitrogens with zero attached hydrogens (tertiary/aromatic N) is 5. The molecular formula is C17H16ClN5. The van der Waals surface area contributed by atoms with Crippen LogP contribution in [0.15, 0.2) is 58.9 Å². The lowest BCUT2D eigenvalue weighted by Crippen LogP contribution is -2.08. The molecule has 0 aliphatic heterocycles. The van der Waals surface area contributed by atoms with E-state index in [1.165, 1.54) is 0 Å². The molecule has 6 heteroatoms. The quantitative estimate of drug-likeness (QED) is 0.657. The van der Waals surface area contributed by atoms with Gasteiger partial charge in [0, 0.05) is 24.8 Å². The largest absolute Gasteiger partial charge is 0.378 e. The zero-order chi connectivity index (χ0) is 16.2. The number of anilines is 1. The molecule has 3 rings (SSSR count). The van der Waals surface area contributed by atoms with Crippen molar-refractivity contribution in [2.45, 2.75) is 6.54 Å². The number of fused-ring (bicyclic) bond motifs is 1. The van der Waals surface area contributed by atoms with Crippen LogP contribution in [0.1, 0.15) is 5.56 Å². The second-order valence-corrected chi connectivity index (χ2v) is 5.69. The molecule has 0 radical (unpaired) electrons. The fourth-order valence-electron chi connectivity index (χ4n) is 2.12. The number of hydrogen-bond donors (Lipinski definition) is 0. The van der Waals surface area contributed by atoms with Crippen LogP contribution in [0.5, 0.6) is 0 Å². The molecule has 0 unspecified atom stereocenters. The van der Waals surface area contributed by atoms with Crippen molar-refractivity contribution in [3.05, 3.63) is 59.2 Å². The lowest BCUT2D eigenvalue weighted by Gasteiger charge is -2.13. The highest BCUT2D eigenvalue weighted by atomic mass is 35.5. The van der Waals surface area contributed by atoms with Crippen molar-refractivity contribution in [1.82, 2.24) is 9.97 Å². The average Bonchev–Trinajstić information content (AvgIpc) is 2.56. The molecule has 0 fully saturated rings. The van der Waals surface area contributed by atoms with E-state index >= 15 is 0 Å². The Hall–Kier alpha value is -2.53. The summed E-state index contributed by atoms with van der Waals surface area (Å²) in [7, 11) is 3.95. The van der Waals surface area contributed by atoms with Crippen molar-refractivity contribution >= 4 is 34.1 Å². The summed E-state index contributed by atoms with van der Waals surface area (Å²) in [5.74, 6) is 0.490. The van der Waals surface area contributed by atoms with Gasteiger partial charge < -0.3 is 4.90 Å². The monoisotopic (exact) mass is 325 g/mol. The van der Waals surface area contributed by atoms with Crippen molar-refractivity contribution in [2.24, 2.45) is 10.2 Å². The number of aromatic nitrogens is 2. The number of hydrogen-bond acceptors (Lipinski definition) is 5. The van der Waals surface area contributed by atoms with E-state index in [0.717, 1.165) is 22.3 Å². The molecule has 0 aliphatic carbocycles. The van der Waals surface area contributed by atoms with Crippen LogP contribution < -0.4 is 4.90 Å². The molecule has 1 heterocycles. The van der Waals surface area contributed by atoms with Gasteiger partial charge in [-0.05, 0) is 29.8 Å². The van der Waals surface area contributed by atoms with Gasteiger partial charge in [0.1, 0.15) is 0 Å². The van der Waals surface area contributed by atoms with Gasteiger partial charge in [0.25, 0.3) is 0 Å². The molecule has 0 saturated carbocycles. The topological polar surface area (TPSA) is 53.7 Å². The van der Waals surface area contributed by atoms with E-state index in [2.05, 4.69) is 20.2 Å². The van der Waals surface area contributed by atoms with Crippen molar-refractivity contribution in [1.29, 1.82) is 0 Å². The van der Waals surface area contributed by atoms with Gasteiger partial charge in [-0.15, -0.1) is 5.11 Å². The summed E-state index contributed by atoms with van der Waals surface area (Å²) in [6.45, 7) is 0.404. The van der Waals surface area contributed by atoms with E-state index in [1.54, 1.807) is 6.20 Å². The van der Waals surface area contributed by atoms with Crippen LogP contribution in [0, 0.1) is 0 Å². The summed E-state index contributed by atoms with van der Waals surface area (Å²) >= 11 is 6.28. The first-order valence-electron chi connectivity index (χ1n) is 7.18. The zero-order valence-corrected chi connectivity index (χ0v) is 13.7. The first-order valence-corrected chi connectivity index (χ1v) is 7.56. The fraction of sp³-hybridized carbons (Fsp3) is 0.176. The molecule has 0 saturated heterocycles. The van der Waals surface area contributed by atoms with Crippen molar-refractivity contribution in [3.8, 4) is 0 Å². The SMILES string of the molecule is CN(C)c1ccc(CN=Nc2cnc3ccccc3n2)c(Cl)c1. The van der Waals surface area contributed by atoms with Gasteiger partial charge in [0.2, 0.25) is 0 Å². The number of rotatable bonds is 4. The Kier molecular flexibility index (Phi) is 4.48. The van der Waals surface area contributed by atoms with Gasteiger partial charge in [0.05, 0.1) is 23.8 Å². The van der Waals surface area contributed by atoms with Crippen LogP contribution in [0.3, 0.4) is 0 Å². The maximum atomic E-state index is 6.28. The van der Waals surface area contributed by atoms with Crippen LogP contribution in [-0.4, -0.2) is 24.1 Å². The summed E-state index contributed by atoms with van der Waals surface area (Å²) in [6.07, 6.45) is 1.61. The maximum absolute atomic E-state index is 6.28. The van der Waals surface area contributed by atoms with Crippen molar-refractivity contribution < 1.29 is 0 Å². The predicted molar refractivity (Wildman–Crippen MR) is 93.5 cm³/mol. The molecule has 0 N–H and O–H groups in total. The van der Waals surface area contributed by atoms with E-state index < -0.39 is 0 Å². The molecule has 23 heavy (non-hydrogen) atoms. The first-order chi connectivity index (χ1) is 11.1. The lowest BCUT2D eigenvalue weighted by atomic mass is 10.2. The van der Waals surface area contributed by atoms with E-state index in [9.17, 15) is 0 Å². The Morgan fingerprint density at radius 3 is 2.61 bits per heavy atom. The summed E-state index contributed by atoms with van der Waals surface area (Å²) in [4.78, 5) is 10.7. The predicted octanol–water partition coefficient (Wildman–Crippen LogP) is 4.63. The van der Waals surface area contributed by atoms with Gasteiger partial charge in [-0.1, -0.05) is 29.8 Å². The van der Waals surface area contributed by atoms with Gasteiger partial charge in [-0.3, -0.25) is 4.98 Å². The van der Waals surface area contributed by atoms with Crippen molar-refractivity contribution in [2.75, 3.05) is 19.0 Å². The average molecular weight is 326 g/mol. The molecule has 0 atom stereocenters. The molecule has 0 aliphatic rings. The Bertz CT molecular complexity index is 860. The van der Waals surface area contributed by atoms with Crippen molar-refractivity contribution in [3.63, 3.8) is 0 Å². The Morgan fingerprint density at radius 2 is 1.87 bits per heavy atom. The number of para-hydroxylation sites is 2. The Labute approximate surface area is 139 Å². The highest BCUT2D eigenvalue weighted by Crippen LogP contribution is 2.23. The molecule has 116 valence electrons. The minimum atomic E-state index is 0.404. The van der Waals surface area contributed by atoms with Gasteiger partial charge >= 0.3 is 0 Å². The van der Waals surface area contributed by atoms with Crippen LogP contribution in [0.4, 0.5) is 11.5 Å². The summed E-state index contributed by atoms with van der Waals surface area (Å²) in [5.41, 5.74) is 3.62. The Morgan fingerprint density at radius 1 is 1.09 bits per heavy atom. The third kappa shape index (κ3) is 3.63. The number of halogens is 1.